The molecule has 124 heavy (non-hydrogen) atoms. The molecule has 0 radical (unpaired) electrons. The van der Waals surface area contributed by atoms with E-state index in [0.717, 1.165) is 13.8 Å². The van der Waals surface area contributed by atoms with Crippen LogP contribution in [0, 0.1) is 0 Å². The summed E-state index contributed by atoms with van der Waals surface area (Å²) in [7, 11) is -23.1. The third-order valence-electron chi connectivity index (χ3n) is 18.9. The predicted molar refractivity (Wildman–Crippen MR) is 358 cm³/mol. The van der Waals surface area contributed by atoms with Crippen molar-refractivity contribution in [2.45, 2.75) is 273 Å². The zero-order valence-corrected chi connectivity index (χ0v) is 66.2. The van der Waals surface area contributed by atoms with Crippen LogP contribution < -0.4 is 21.3 Å². The quantitative estimate of drug-likeness (QED) is 0.0156. The summed E-state index contributed by atoms with van der Waals surface area (Å²) in [5, 5.41) is 204. The van der Waals surface area contributed by atoms with Crippen molar-refractivity contribution in [3.05, 3.63) is 0 Å². The van der Waals surface area contributed by atoms with Gasteiger partial charge in [0.05, 0.1) is 26.4 Å². The fraction of sp³-hybridized carbons (Fsp3) is 0.857. The van der Waals surface area contributed by atoms with Crippen LogP contribution in [0.1, 0.15) is 27.7 Å². The third kappa shape index (κ3) is 25.7. The van der Waals surface area contributed by atoms with E-state index in [0.29, 0.717) is 13.8 Å². The maximum atomic E-state index is 13.2. The van der Waals surface area contributed by atoms with E-state index in [1.54, 1.807) is 0 Å². The molecule has 4 amide bonds. The van der Waals surface area contributed by atoms with Crippen molar-refractivity contribution in [1.82, 2.24) is 21.3 Å². The maximum Gasteiger partial charge on any atom is 0.397 e. The molecule has 0 unspecified atom stereocenters. The fourth-order valence-electron chi connectivity index (χ4n) is 13.5. The number of carbonyl (C=O) groups is 8. The molecule has 714 valence electrons. The lowest BCUT2D eigenvalue weighted by molar-refractivity contribution is -0.466. The van der Waals surface area contributed by atoms with Gasteiger partial charge in [-0.3, -0.25) is 37.4 Å². The molecule has 40 atom stereocenters. The van der Waals surface area contributed by atoms with Crippen molar-refractivity contribution in [3.8, 4) is 0 Å². The molecule has 8 rings (SSSR count). The molecule has 0 aromatic carbocycles. The molecule has 0 saturated carbocycles. The maximum absolute atomic E-state index is 13.2. The van der Waals surface area contributed by atoms with Crippen molar-refractivity contribution < 1.29 is 285 Å². The number of carboxylic acids is 4. The normalized spacial score (nSPS) is 42.0. The zero-order chi connectivity index (χ0) is 92.9. The molecule has 64 nitrogen and oxygen atoms in total. The Balaban J connectivity index is 1.04. The van der Waals surface area contributed by atoms with Gasteiger partial charge >= 0.3 is 65.5 Å². The minimum absolute atomic E-state index is 0.685. The number of rotatable bonds is 37. The van der Waals surface area contributed by atoms with Crippen molar-refractivity contribution >= 4 is 89.1 Å². The lowest BCUT2D eigenvalue weighted by Gasteiger charge is -2.49. The fourth-order valence-corrected chi connectivity index (χ4v) is 15.3. The molecule has 0 spiro atoms. The van der Waals surface area contributed by atoms with Gasteiger partial charge in [0.15, 0.2) is 80.3 Å². The van der Waals surface area contributed by atoms with Gasteiger partial charge in [0.2, 0.25) is 42.5 Å². The summed E-state index contributed by atoms with van der Waals surface area (Å²) >= 11 is 0. The van der Waals surface area contributed by atoms with Gasteiger partial charge in [0.25, 0.3) is 0 Å². The zero-order valence-electron chi connectivity index (χ0n) is 62.9. The second kappa shape index (κ2) is 42.7. The van der Waals surface area contributed by atoms with Gasteiger partial charge in [-0.2, -0.15) is 33.7 Å². The standard InChI is InChI=1S/C56H86N4O60S4/c1-9(64)57-17-35(31(118-122(90,91)92)14(6-62)100-49(17)86)106-54-28(75)25(72)38(42(109-54)46(80)81)113-117-52-20(60-12(4)67)36(32(15(7-63)102-52)119-123(93,94)95)107-55-29(76)26(73)37(43(110-55)47(82)83)112-115-50-18(58-10(2)65)33(21(68)13(5-61)101-50)105-56-41(120-124(96,97)98)30(77)39(44(111-56)48(84)85)114-116-51-19(59-11(3)66)34(22(69)16(103-51)8-99-121(87,88)89)104-53-27(74)23(70)24(71)40(108-53)45(78)79/h13-44,49-56,61-63,68-77,86H,5-8H2,1-4H3,(H,57,64)(H,58,65)(H,59,66)(H,60,67)(H,78,79)(H,80,81)(H,82,83)(H,84,85)(H,87,88,89)(H,90,91,92)(H,93,94,95)(H,96,97,98)/t13-,14-,15-,16-,17-,18-,19-,20-,21+,22+,23+,24+,25-,26-,27-,28-,29-,30+,31+,32+,33-,34-,35-,36-,37+,38+,39+,40+,41-,42+,43+,44+,49+,50-,51-,52-,53-,54-,55-,56-/m1/s1. The number of amides is 4. The highest BCUT2D eigenvalue weighted by Crippen LogP contribution is 2.40. The SMILES string of the molecule is CC(=O)N[C@@H]1[C@@H](O[C@@H]2O[C@H](C(=O)O)[C@@H](OO[C@H]3O[C@H](CO)[C@H](OS(=O)(=O)O)[C@H](O[C@@H]4O[C@H](C(=O)O)[C@@H](OO[C@H]5O[C@H](CO)[C@H](O)[C@H](O[C@@H]6O[C@H](C(=O)O)[C@@H](OO[C@H]7O[C@H](COS(=O)(=O)O)[C@H](O)[C@H](O[C@@H]8O[C@H](C(=O)O)[C@@H](O)[C@H](O)[C@H]8O)[C@H]7NC(C)=O)[C@H](O)[C@H]6OS(=O)(=O)O)[C@H]5NC(C)=O)[C@H](O)[C@H]4O)[C@H]3NC(C)=O)[C@H](O)[C@H]2O)[C@@H](OS(=O)(=O)O)[C@@H](CO)O[C@@H]1O. The van der Waals surface area contributed by atoms with Crippen LogP contribution in [0.3, 0.4) is 0 Å². The number of nitrogens with one attached hydrogen (secondary N) is 4. The van der Waals surface area contributed by atoms with Gasteiger partial charge in [0, 0.05) is 27.7 Å². The van der Waals surface area contributed by atoms with Gasteiger partial charge in [-0.15, -0.1) is 0 Å². The molecule has 8 aliphatic rings. The van der Waals surface area contributed by atoms with Crippen LogP contribution >= 0.6 is 0 Å². The highest BCUT2D eigenvalue weighted by molar-refractivity contribution is 7.81. The Labute approximate surface area is 692 Å². The number of carbonyl (C=O) groups excluding carboxylic acids is 4. The van der Waals surface area contributed by atoms with Gasteiger partial charge in [-0.05, 0) is 0 Å². The molecule has 0 bridgehead atoms. The van der Waals surface area contributed by atoms with E-state index in [1.807, 2.05) is 5.32 Å². The summed E-state index contributed by atoms with van der Waals surface area (Å²) in [5.41, 5.74) is 0. The molecular weight excluding hydrogens is 1820 g/mol. The average Bonchev–Trinajstić information content (AvgIpc) is 0.776. The monoisotopic (exact) mass is 1900 g/mol. The predicted octanol–water partition coefficient (Wildman–Crippen LogP) is -18.4. The van der Waals surface area contributed by atoms with E-state index in [-0.39, 0.29) is 0 Å². The molecule has 0 aromatic rings. The first-order chi connectivity index (χ1) is 57.5. The van der Waals surface area contributed by atoms with E-state index >= 15 is 0 Å². The summed E-state index contributed by atoms with van der Waals surface area (Å²) in [6.45, 7) is -2.81. The molecule has 8 heterocycles. The summed E-state index contributed by atoms with van der Waals surface area (Å²) < 4.78 is 220. The first kappa shape index (κ1) is 103. The Morgan fingerprint density at radius 3 is 0.952 bits per heavy atom. The van der Waals surface area contributed by atoms with E-state index in [4.69, 9.17) is 90.4 Å². The first-order valence-electron chi connectivity index (χ1n) is 35.2. The highest BCUT2D eigenvalue weighted by Gasteiger charge is 2.63. The largest absolute Gasteiger partial charge is 0.479 e. The topological polar surface area (TPSA) is 969 Å². The second-order valence-electron chi connectivity index (χ2n) is 27.7. The van der Waals surface area contributed by atoms with Crippen LogP contribution in [0.4, 0.5) is 0 Å². The molecule has 8 fully saturated rings. The van der Waals surface area contributed by atoms with Gasteiger partial charge in [0.1, 0.15) is 146 Å². The summed E-state index contributed by atoms with van der Waals surface area (Å²) in [4.78, 5) is 134. The van der Waals surface area contributed by atoms with Crippen LogP contribution in [0.15, 0.2) is 0 Å². The minimum Gasteiger partial charge on any atom is -0.479 e. The number of hydrogen-bond acceptors (Lipinski definition) is 52. The van der Waals surface area contributed by atoms with Crippen molar-refractivity contribution in [1.29, 1.82) is 0 Å². The average molecular weight is 1900 g/mol. The Kier molecular flexibility index (Phi) is 35.6. The van der Waals surface area contributed by atoms with Crippen molar-refractivity contribution in [3.63, 3.8) is 0 Å². The van der Waals surface area contributed by atoms with Crippen molar-refractivity contribution in [2.24, 2.45) is 0 Å². The number of carboxylic acid groups (broad SMARTS) is 4. The summed E-state index contributed by atoms with van der Waals surface area (Å²) in [6, 6.07) is -9.14. The summed E-state index contributed by atoms with van der Waals surface area (Å²) in [5.74, 6) is -13.6. The third-order valence-corrected chi connectivity index (χ3v) is 20.7. The lowest BCUT2D eigenvalue weighted by Crippen LogP contribution is -2.70. The molecule has 26 N–H and O–H groups in total. The lowest BCUT2D eigenvalue weighted by atomic mass is 9.95. The Hall–Kier alpha value is -6.04. The van der Waals surface area contributed by atoms with E-state index in [1.165, 1.54) is 0 Å². The van der Waals surface area contributed by atoms with E-state index in [2.05, 4.69) is 28.5 Å². The van der Waals surface area contributed by atoms with Crippen LogP contribution in [0.2, 0.25) is 0 Å². The number of aliphatic hydroxyl groups is 14. The number of aliphatic carboxylic acids is 4. The Bertz CT molecular complexity index is 4160. The van der Waals surface area contributed by atoms with Gasteiger partial charge in [-0.1, -0.05) is 0 Å². The van der Waals surface area contributed by atoms with Crippen molar-refractivity contribution in [2.75, 3.05) is 26.4 Å². The molecule has 68 heteroatoms. The van der Waals surface area contributed by atoms with Gasteiger partial charge < -0.3 is 170 Å². The number of ether oxygens (including phenoxy) is 12. The van der Waals surface area contributed by atoms with Crippen LogP contribution in [0.5, 0.6) is 0 Å². The molecule has 0 aromatic heterocycles. The van der Waals surface area contributed by atoms with Gasteiger partial charge in [-0.25, -0.2) is 65.2 Å². The molecule has 8 saturated heterocycles. The number of hydrogen-bond donors (Lipinski definition) is 26. The first-order valence-corrected chi connectivity index (χ1v) is 40.7. The Morgan fingerprint density at radius 1 is 0.282 bits per heavy atom. The van der Waals surface area contributed by atoms with Crippen LogP contribution in [-0.4, -0.2) is 463 Å². The number of aliphatic hydroxyl groups excluding tert-OH is 14. The molecular formula is C56H86N4O60S4. The Morgan fingerprint density at radius 2 is 0.581 bits per heavy atom. The summed E-state index contributed by atoms with van der Waals surface area (Å²) in [6.07, 6.45) is -93.9. The van der Waals surface area contributed by atoms with E-state index < -0.39 is 361 Å². The molecule has 0 aliphatic carbocycles. The minimum atomic E-state index is -6.08. The second-order valence-corrected chi connectivity index (χ2v) is 31.9. The van der Waals surface area contributed by atoms with E-state index in [9.17, 15) is 182 Å². The molecule has 8 aliphatic heterocycles. The van der Waals surface area contributed by atoms with Crippen LogP contribution in [0.25, 0.3) is 0 Å². The van der Waals surface area contributed by atoms with Crippen LogP contribution in [-0.2, 0) is 183 Å². The smallest absolute Gasteiger partial charge is 0.397 e. The highest BCUT2D eigenvalue weighted by atomic mass is 32.3.